The van der Waals surface area contributed by atoms with Crippen LogP contribution in [0.5, 0.6) is 5.75 Å². The fraction of sp³-hybridized carbons (Fsp3) is 0. The van der Waals surface area contributed by atoms with Gasteiger partial charge in [-0.05, 0) is 35.9 Å². The van der Waals surface area contributed by atoms with Crippen LogP contribution < -0.4 is 0 Å². The molecule has 2 aromatic carbocycles. The van der Waals surface area contributed by atoms with Crippen molar-refractivity contribution < 1.29 is 9.90 Å². The molecule has 0 amide bonds. The van der Waals surface area contributed by atoms with Gasteiger partial charge < -0.3 is 5.11 Å². The number of pyridine rings is 1. The number of hydrogen-bond acceptors (Lipinski definition) is 3. The Kier molecular flexibility index (Phi) is 3.12. The van der Waals surface area contributed by atoms with E-state index in [4.69, 9.17) is 11.6 Å². The van der Waals surface area contributed by atoms with Gasteiger partial charge in [-0.3, -0.25) is 4.79 Å². The fourth-order valence-electron chi connectivity index (χ4n) is 2.17. The van der Waals surface area contributed by atoms with Gasteiger partial charge in [-0.1, -0.05) is 30.3 Å². The Morgan fingerprint density at radius 1 is 1.05 bits per heavy atom. The predicted octanol–water partition coefficient (Wildman–Crippen LogP) is 3.99. The maximum absolute atomic E-state index is 11.6. The van der Waals surface area contributed by atoms with Crippen LogP contribution in [0.2, 0.25) is 0 Å². The predicted molar refractivity (Wildman–Crippen MR) is 79.0 cm³/mol. The summed E-state index contributed by atoms with van der Waals surface area (Å²) < 4.78 is 0. The Morgan fingerprint density at radius 3 is 2.50 bits per heavy atom. The summed E-state index contributed by atoms with van der Waals surface area (Å²) in [6.45, 7) is 0. The van der Waals surface area contributed by atoms with Crippen LogP contribution in [0.3, 0.4) is 0 Å². The largest absolute Gasteiger partial charge is 0.507 e. The average Bonchev–Trinajstić information content (AvgIpc) is 2.46. The van der Waals surface area contributed by atoms with E-state index in [0.29, 0.717) is 27.7 Å². The number of hydrogen-bond donors (Lipinski definition) is 1. The summed E-state index contributed by atoms with van der Waals surface area (Å²) in [7, 11) is 0. The molecule has 3 rings (SSSR count). The van der Waals surface area contributed by atoms with Crippen LogP contribution in [0.4, 0.5) is 0 Å². The number of aromatic hydroxyl groups is 1. The third kappa shape index (κ3) is 2.12. The van der Waals surface area contributed by atoms with Crippen molar-refractivity contribution in [2.45, 2.75) is 0 Å². The number of benzene rings is 2. The minimum atomic E-state index is -0.541. The molecule has 0 bridgehead atoms. The molecule has 1 heterocycles. The van der Waals surface area contributed by atoms with Crippen LogP contribution >= 0.6 is 11.6 Å². The van der Waals surface area contributed by atoms with Crippen LogP contribution in [0.25, 0.3) is 22.2 Å². The quantitative estimate of drug-likeness (QED) is 0.724. The van der Waals surface area contributed by atoms with Crippen molar-refractivity contribution >= 4 is 27.7 Å². The lowest BCUT2D eigenvalue weighted by Gasteiger charge is -2.08. The molecule has 20 heavy (non-hydrogen) atoms. The van der Waals surface area contributed by atoms with Crippen LogP contribution in [0, 0.1) is 0 Å². The molecule has 0 spiro atoms. The molecule has 0 fully saturated rings. The number of phenols is 1. The second-order valence-electron chi connectivity index (χ2n) is 4.36. The average molecular weight is 284 g/mol. The molecule has 0 aliphatic rings. The van der Waals surface area contributed by atoms with E-state index in [9.17, 15) is 9.90 Å². The smallest absolute Gasteiger partial charge is 0.253 e. The van der Waals surface area contributed by atoms with Crippen molar-refractivity contribution in [3.8, 4) is 17.0 Å². The summed E-state index contributed by atoms with van der Waals surface area (Å²) in [5, 5.41) is 10.1. The number of carbonyl (C=O) groups is 1. The third-order valence-electron chi connectivity index (χ3n) is 3.11. The summed E-state index contributed by atoms with van der Waals surface area (Å²) >= 11 is 5.65. The minimum Gasteiger partial charge on any atom is -0.507 e. The summed E-state index contributed by atoms with van der Waals surface area (Å²) in [6, 6.07) is 15.7. The Bertz CT molecular complexity index is 814. The standard InChI is InChI=1S/C16H10ClNO2/c17-16(20)12-9-14(11-6-2-4-8-15(11)19)18-13-7-3-1-5-10(12)13/h1-9,19H. The van der Waals surface area contributed by atoms with Crippen molar-refractivity contribution in [1.82, 2.24) is 4.98 Å². The minimum absolute atomic E-state index is 0.114. The van der Waals surface area contributed by atoms with E-state index < -0.39 is 5.24 Å². The maximum atomic E-state index is 11.6. The Balaban J connectivity index is 2.33. The van der Waals surface area contributed by atoms with Crippen LogP contribution in [0.1, 0.15) is 10.4 Å². The highest BCUT2D eigenvalue weighted by atomic mass is 35.5. The number of para-hydroxylation sites is 2. The highest BCUT2D eigenvalue weighted by molar-refractivity contribution is 6.68. The number of halogens is 1. The van der Waals surface area contributed by atoms with E-state index in [1.54, 1.807) is 36.4 Å². The lowest BCUT2D eigenvalue weighted by molar-refractivity contribution is 0.108. The summed E-state index contributed by atoms with van der Waals surface area (Å²) in [4.78, 5) is 16.1. The van der Waals surface area contributed by atoms with Gasteiger partial charge in [0.25, 0.3) is 5.24 Å². The topological polar surface area (TPSA) is 50.2 Å². The monoisotopic (exact) mass is 283 g/mol. The summed E-state index contributed by atoms with van der Waals surface area (Å²) in [6.07, 6.45) is 0. The molecule has 0 atom stereocenters. The van der Waals surface area contributed by atoms with Crippen LogP contribution in [0.15, 0.2) is 54.6 Å². The molecule has 0 saturated carbocycles. The molecule has 0 saturated heterocycles. The van der Waals surface area contributed by atoms with Crippen molar-refractivity contribution in [3.63, 3.8) is 0 Å². The molecule has 3 aromatic rings. The maximum Gasteiger partial charge on any atom is 0.253 e. The molecule has 0 aliphatic carbocycles. The summed E-state index contributed by atoms with van der Waals surface area (Å²) in [5.74, 6) is 0.114. The zero-order valence-corrected chi connectivity index (χ0v) is 11.1. The summed E-state index contributed by atoms with van der Waals surface area (Å²) in [5.41, 5.74) is 2.14. The zero-order valence-electron chi connectivity index (χ0n) is 10.4. The first-order valence-electron chi connectivity index (χ1n) is 6.05. The van der Waals surface area contributed by atoms with Crippen molar-refractivity contribution in [1.29, 1.82) is 0 Å². The Morgan fingerprint density at radius 2 is 1.75 bits per heavy atom. The molecule has 1 N–H and O–H groups in total. The van der Waals surface area contributed by atoms with Crippen LogP contribution in [-0.4, -0.2) is 15.3 Å². The molecule has 4 heteroatoms. The van der Waals surface area contributed by atoms with E-state index in [-0.39, 0.29) is 5.75 Å². The number of phenolic OH excluding ortho intramolecular Hbond substituents is 1. The van der Waals surface area contributed by atoms with E-state index in [0.717, 1.165) is 0 Å². The number of fused-ring (bicyclic) bond motifs is 1. The first-order chi connectivity index (χ1) is 9.66. The molecule has 1 aromatic heterocycles. The second-order valence-corrected chi connectivity index (χ2v) is 4.71. The lowest BCUT2D eigenvalue weighted by atomic mass is 10.0. The highest BCUT2D eigenvalue weighted by Crippen LogP contribution is 2.30. The molecule has 0 radical (unpaired) electrons. The Labute approximate surface area is 120 Å². The van der Waals surface area contributed by atoms with Gasteiger partial charge >= 0.3 is 0 Å². The van der Waals surface area contributed by atoms with E-state index in [1.165, 1.54) is 0 Å². The molecular weight excluding hydrogens is 274 g/mol. The zero-order chi connectivity index (χ0) is 14.1. The molecule has 98 valence electrons. The number of aromatic nitrogens is 1. The first-order valence-corrected chi connectivity index (χ1v) is 6.42. The van der Waals surface area contributed by atoms with Gasteiger partial charge in [-0.25, -0.2) is 4.98 Å². The molecular formula is C16H10ClNO2. The SMILES string of the molecule is O=C(Cl)c1cc(-c2ccccc2O)nc2ccccc12. The van der Waals surface area contributed by atoms with Gasteiger partial charge in [0, 0.05) is 16.5 Å². The van der Waals surface area contributed by atoms with E-state index in [1.807, 2.05) is 18.2 Å². The van der Waals surface area contributed by atoms with E-state index >= 15 is 0 Å². The molecule has 3 nitrogen and oxygen atoms in total. The van der Waals surface area contributed by atoms with Gasteiger partial charge in [-0.15, -0.1) is 0 Å². The molecule has 0 aliphatic heterocycles. The normalized spacial score (nSPS) is 10.7. The fourth-order valence-corrected chi connectivity index (χ4v) is 2.32. The number of nitrogens with zero attached hydrogens (tertiary/aromatic N) is 1. The Hall–Kier alpha value is -2.39. The second kappa shape index (κ2) is 4.94. The molecule has 0 unspecified atom stereocenters. The van der Waals surface area contributed by atoms with Gasteiger partial charge in [-0.2, -0.15) is 0 Å². The van der Waals surface area contributed by atoms with E-state index in [2.05, 4.69) is 4.98 Å². The van der Waals surface area contributed by atoms with Crippen LogP contribution in [-0.2, 0) is 0 Å². The lowest BCUT2D eigenvalue weighted by Crippen LogP contribution is -1.95. The third-order valence-corrected chi connectivity index (χ3v) is 3.31. The van der Waals surface area contributed by atoms with Gasteiger partial charge in [0.2, 0.25) is 0 Å². The van der Waals surface area contributed by atoms with Gasteiger partial charge in [0.1, 0.15) is 5.75 Å². The van der Waals surface area contributed by atoms with Crippen molar-refractivity contribution in [2.75, 3.05) is 0 Å². The van der Waals surface area contributed by atoms with Crippen molar-refractivity contribution in [2.24, 2.45) is 0 Å². The number of carbonyl (C=O) groups excluding carboxylic acids is 1. The van der Waals surface area contributed by atoms with Gasteiger partial charge in [0.05, 0.1) is 11.2 Å². The van der Waals surface area contributed by atoms with Crippen molar-refractivity contribution in [3.05, 3.63) is 60.2 Å². The van der Waals surface area contributed by atoms with Gasteiger partial charge in [0.15, 0.2) is 0 Å². The number of rotatable bonds is 2. The highest BCUT2D eigenvalue weighted by Gasteiger charge is 2.13. The first kappa shape index (κ1) is 12.6.